The minimum Gasteiger partial charge on any atom is -0.381 e. The Hall–Kier alpha value is -1.84. The number of nitrogens with zero attached hydrogens (tertiary/aromatic N) is 1. The summed E-state index contributed by atoms with van der Waals surface area (Å²) in [5.74, 6) is 1.24. The van der Waals surface area contributed by atoms with Crippen molar-refractivity contribution in [1.29, 1.82) is 0 Å². The number of anilines is 1. The zero-order valence-electron chi connectivity index (χ0n) is 11.4. The Morgan fingerprint density at radius 2 is 2.25 bits per heavy atom. The average Bonchev–Trinajstić information content (AvgIpc) is 3.14. The van der Waals surface area contributed by atoms with Gasteiger partial charge >= 0.3 is 0 Å². The van der Waals surface area contributed by atoms with Crippen LogP contribution in [0.15, 0.2) is 12.3 Å². The van der Waals surface area contributed by atoms with E-state index in [0.29, 0.717) is 11.6 Å². The minimum atomic E-state index is -0.397. The van der Waals surface area contributed by atoms with Gasteiger partial charge in [-0.15, -0.1) is 0 Å². The van der Waals surface area contributed by atoms with E-state index >= 15 is 0 Å². The lowest BCUT2D eigenvalue weighted by molar-refractivity contribution is 0.100. The lowest BCUT2D eigenvalue weighted by Crippen LogP contribution is -2.28. The van der Waals surface area contributed by atoms with Crippen molar-refractivity contribution in [2.75, 3.05) is 5.32 Å². The van der Waals surface area contributed by atoms with Crippen LogP contribution in [-0.4, -0.2) is 16.9 Å². The fraction of sp³-hybridized carbons (Fsp3) is 0.500. The van der Waals surface area contributed by atoms with Crippen molar-refractivity contribution in [1.82, 2.24) is 4.98 Å². The maximum Gasteiger partial charge on any atom is 0.252 e. The number of allylic oxidation sites excluding steroid dienone is 1. The van der Waals surface area contributed by atoms with Gasteiger partial charge in [0.1, 0.15) is 0 Å². The van der Waals surface area contributed by atoms with E-state index in [2.05, 4.69) is 22.5 Å². The largest absolute Gasteiger partial charge is 0.381 e. The first-order valence-electron chi connectivity index (χ1n) is 7.47. The van der Waals surface area contributed by atoms with Crippen LogP contribution in [0, 0.1) is 11.8 Å². The molecule has 3 aliphatic carbocycles. The maximum atomic E-state index is 11.7. The van der Waals surface area contributed by atoms with Gasteiger partial charge in [0.25, 0.3) is 5.91 Å². The Bertz CT molecular complexity index is 608. The molecule has 4 rings (SSSR count). The highest BCUT2D eigenvalue weighted by molar-refractivity contribution is 6.00. The fourth-order valence-electron chi connectivity index (χ4n) is 4.15. The number of nitrogens with two attached hydrogens (primary N) is 1. The van der Waals surface area contributed by atoms with Gasteiger partial charge in [0.15, 0.2) is 0 Å². The van der Waals surface area contributed by atoms with Crippen molar-refractivity contribution in [3.05, 3.63) is 29.1 Å². The standard InChI is InChI=1S/C16H19N3O/c17-16(20)12-8-18-13-3-1-2-11(13)15(12)19-14-7-9-4-5-10(14)6-9/h1-2,8-10,14H,3-7H2,(H2,17,20)(H,18,19)/t9-,10+,14+/m0/s1. The number of aromatic nitrogens is 1. The van der Waals surface area contributed by atoms with Crippen molar-refractivity contribution in [3.8, 4) is 0 Å². The predicted octanol–water partition coefficient (Wildman–Crippen LogP) is 2.35. The number of primary amides is 1. The molecule has 3 atom stereocenters. The molecule has 4 nitrogen and oxygen atoms in total. The summed E-state index contributed by atoms with van der Waals surface area (Å²) >= 11 is 0. The number of amides is 1. The molecular weight excluding hydrogens is 250 g/mol. The lowest BCUT2D eigenvalue weighted by atomic mass is 9.94. The van der Waals surface area contributed by atoms with E-state index in [4.69, 9.17) is 5.73 Å². The zero-order chi connectivity index (χ0) is 13.7. The number of fused-ring (bicyclic) bond motifs is 3. The van der Waals surface area contributed by atoms with Gasteiger partial charge < -0.3 is 11.1 Å². The second-order valence-electron chi connectivity index (χ2n) is 6.30. The van der Waals surface area contributed by atoms with Crippen molar-refractivity contribution in [2.24, 2.45) is 17.6 Å². The summed E-state index contributed by atoms with van der Waals surface area (Å²) in [5.41, 5.74) is 9.05. The van der Waals surface area contributed by atoms with E-state index in [1.54, 1.807) is 6.20 Å². The Balaban J connectivity index is 1.71. The molecular formula is C16H19N3O. The van der Waals surface area contributed by atoms with Crippen LogP contribution in [0.3, 0.4) is 0 Å². The third-order valence-electron chi connectivity index (χ3n) is 5.13. The lowest BCUT2D eigenvalue weighted by Gasteiger charge is -2.26. The third kappa shape index (κ3) is 1.74. The van der Waals surface area contributed by atoms with Crippen LogP contribution in [-0.2, 0) is 6.42 Å². The van der Waals surface area contributed by atoms with Crippen LogP contribution in [0.25, 0.3) is 6.08 Å². The Morgan fingerprint density at radius 1 is 1.35 bits per heavy atom. The molecule has 104 valence electrons. The van der Waals surface area contributed by atoms with E-state index in [0.717, 1.165) is 35.2 Å². The summed E-state index contributed by atoms with van der Waals surface area (Å²) in [6, 6.07) is 0.493. The summed E-state index contributed by atoms with van der Waals surface area (Å²) in [7, 11) is 0. The van der Waals surface area contributed by atoms with Gasteiger partial charge in [-0.25, -0.2) is 0 Å². The number of pyridine rings is 1. The molecule has 2 bridgehead atoms. The second kappa shape index (κ2) is 4.33. The molecule has 3 N–H and O–H groups in total. The topological polar surface area (TPSA) is 68.0 Å². The highest BCUT2D eigenvalue weighted by Crippen LogP contribution is 2.46. The number of rotatable bonds is 3. The molecule has 1 aromatic rings. The van der Waals surface area contributed by atoms with Gasteiger partial charge in [-0.05, 0) is 31.1 Å². The van der Waals surface area contributed by atoms with Crippen molar-refractivity contribution >= 4 is 17.7 Å². The number of carbonyl (C=O) groups is 1. The monoisotopic (exact) mass is 269 g/mol. The summed E-state index contributed by atoms with van der Waals surface area (Å²) in [6.07, 6.45) is 11.9. The van der Waals surface area contributed by atoms with E-state index < -0.39 is 5.91 Å². The molecule has 2 saturated carbocycles. The Kier molecular flexibility index (Phi) is 2.59. The van der Waals surface area contributed by atoms with E-state index in [1.165, 1.54) is 25.7 Å². The maximum absolute atomic E-state index is 11.7. The van der Waals surface area contributed by atoms with Crippen molar-refractivity contribution < 1.29 is 4.79 Å². The normalized spacial score (nSPS) is 29.7. The summed E-state index contributed by atoms with van der Waals surface area (Å²) in [4.78, 5) is 16.0. The first-order chi connectivity index (χ1) is 9.72. The summed E-state index contributed by atoms with van der Waals surface area (Å²) < 4.78 is 0. The molecule has 0 aromatic carbocycles. The van der Waals surface area contributed by atoms with E-state index in [1.807, 2.05) is 0 Å². The van der Waals surface area contributed by atoms with Gasteiger partial charge in [0.05, 0.1) is 16.9 Å². The molecule has 1 heterocycles. The first kappa shape index (κ1) is 11.9. The highest BCUT2D eigenvalue weighted by Gasteiger charge is 2.40. The van der Waals surface area contributed by atoms with Crippen LogP contribution in [0.4, 0.5) is 5.69 Å². The quantitative estimate of drug-likeness (QED) is 0.885. The summed E-state index contributed by atoms with van der Waals surface area (Å²) in [5, 5.41) is 3.63. The van der Waals surface area contributed by atoms with Crippen LogP contribution in [0.1, 0.15) is 47.3 Å². The smallest absolute Gasteiger partial charge is 0.252 e. The van der Waals surface area contributed by atoms with Crippen LogP contribution < -0.4 is 11.1 Å². The molecule has 0 radical (unpaired) electrons. The molecule has 0 unspecified atom stereocenters. The van der Waals surface area contributed by atoms with E-state index in [-0.39, 0.29) is 0 Å². The highest BCUT2D eigenvalue weighted by atomic mass is 16.1. The number of hydrogen-bond acceptors (Lipinski definition) is 3. The van der Waals surface area contributed by atoms with Crippen LogP contribution in [0.2, 0.25) is 0 Å². The number of nitrogens with one attached hydrogen (secondary N) is 1. The van der Waals surface area contributed by atoms with Gasteiger partial charge in [-0.2, -0.15) is 0 Å². The molecule has 3 aliphatic rings. The fourth-order valence-corrected chi connectivity index (χ4v) is 4.15. The molecule has 0 spiro atoms. The average molecular weight is 269 g/mol. The minimum absolute atomic E-state index is 0.397. The SMILES string of the molecule is NC(=O)c1cnc2c(c1N[C@@H]1C[C@H]3CC[C@@H]1C3)C=CC2. The molecule has 0 saturated heterocycles. The number of carbonyl (C=O) groups excluding carboxylic acids is 1. The predicted molar refractivity (Wildman–Crippen MR) is 78.4 cm³/mol. The van der Waals surface area contributed by atoms with Gasteiger partial charge in [0, 0.05) is 24.2 Å². The molecule has 4 heteroatoms. The van der Waals surface area contributed by atoms with E-state index in [9.17, 15) is 4.79 Å². The second-order valence-corrected chi connectivity index (χ2v) is 6.30. The molecule has 1 aromatic heterocycles. The Labute approximate surface area is 118 Å². The first-order valence-corrected chi connectivity index (χ1v) is 7.47. The molecule has 2 fully saturated rings. The summed E-state index contributed by atoms with van der Waals surface area (Å²) in [6.45, 7) is 0. The number of hydrogen-bond donors (Lipinski definition) is 2. The third-order valence-corrected chi connectivity index (χ3v) is 5.13. The molecule has 20 heavy (non-hydrogen) atoms. The zero-order valence-corrected chi connectivity index (χ0v) is 11.4. The Morgan fingerprint density at radius 3 is 2.95 bits per heavy atom. The van der Waals surface area contributed by atoms with Crippen molar-refractivity contribution in [2.45, 2.75) is 38.1 Å². The van der Waals surface area contributed by atoms with Gasteiger partial charge in [-0.3, -0.25) is 9.78 Å². The molecule has 0 aliphatic heterocycles. The van der Waals surface area contributed by atoms with Gasteiger partial charge in [-0.1, -0.05) is 18.6 Å². The van der Waals surface area contributed by atoms with Crippen LogP contribution in [0.5, 0.6) is 0 Å². The van der Waals surface area contributed by atoms with Crippen LogP contribution >= 0.6 is 0 Å². The molecule has 1 amide bonds. The van der Waals surface area contributed by atoms with Crippen molar-refractivity contribution in [3.63, 3.8) is 0 Å². The van der Waals surface area contributed by atoms with Gasteiger partial charge in [0.2, 0.25) is 0 Å².